The minimum Gasteiger partial charge on any atom is -0.354 e. The molecule has 0 atom stereocenters. The number of hydrogen-bond acceptors (Lipinski definition) is 1. The second-order valence-electron chi connectivity index (χ2n) is 4.59. The third kappa shape index (κ3) is 2.33. The second kappa shape index (κ2) is 5.17. The summed E-state index contributed by atoms with van der Waals surface area (Å²) in [5.74, 6) is 6.38. The standard InChI is InChI=1S/C17H16N2/c1-18-11-5-4-6-13-9-10-15-14-7-2-3-8-16(14)19-17(15)12-13/h2-3,7-10,12,18-19H,5,11H2,1H3. The summed E-state index contributed by atoms with van der Waals surface area (Å²) in [5.41, 5.74) is 3.40. The van der Waals surface area contributed by atoms with Crippen molar-refractivity contribution >= 4 is 21.8 Å². The predicted molar refractivity (Wildman–Crippen MR) is 81.2 cm³/mol. The van der Waals surface area contributed by atoms with Crippen LogP contribution in [0.25, 0.3) is 21.8 Å². The number of benzene rings is 2. The van der Waals surface area contributed by atoms with Crippen molar-refractivity contribution in [1.29, 1.82) is 0 Å². The number of rotatable bonds is 2. The molecule has 1 aromatic heterocycles. The molecule has 0 unspecified atom stereocenters. The van der Waals surface area contributed by atoms with Crippen LogP contribution in [0.1, 0.15) is 12.0 Å². The van der Waals surface area contributed by atoms with Gasteiger partial charge in [0.2, 0.25) is 0 Å². The third-order valence-corrected chi connectivity index (χ3v) is 3.24. The summed E-state index contributed by atoms with van der Waals surface area (Å²) >= 11 is 0. The van der Waals surface area contributed by atoms with Gasteiger partial charge in [0.15, 0.2) is 0 Å². The molecule has 1 heterocycles. The van der Waals surface area contributed by atoms with Crippen molar-refractivity contribution in [2.45, 2.75) is 6.42 Å². The monoisotopic (exact) mass is 248 g/mol. The van der Waals surface area contributed by atoms with Crippen LogP contribution in [-0.4, -0.2) is 18.6 Å². The molecule has 2 N–H and O–H groups in total. The fourth-order valence-corrected chi connectivity index (χ4v) is 2.28. The Balaban J connectivity index is 2.00. The summed E-state index contributed by atoms with van der Waals surface area (Å²) < 4.78 is 0. The van der Waals surface area contributed by atoms with Crippen molar-refractivity contribution in [3.05, 3.63) is 48.0 Å². The molecule has 0 spiro atoms. The zero-order chi connectivity index (χ0) is 13.1. The van der Waals surface area contributed by atoms with Crippen LogP contribution in [0.15, 0.2) is 42.5 Å². The molecule has 0 fully saturated rings. The highest BCUT2D eigenvalue weighted by atomic mass is 14.8. The molecule has 3 aromatic rings. The van der Waals surface area contributed by atoms with Crippen molar-refractivity contribution in [2.75, 3.05) is 13.6 Å². The molecular formula is C17H16N2. The van der Waals surface area contributed by atoms with Gasteiger partial charge in [0.1, 0.15) is 0 Å². The van der Waals surface area contributed by atoms with Crippen LogP contribution < -0.4 is 5.32 Å². The van der Waals surface area contributed by atoms with Crippen molar-refractivity contribution in [2.24, 2.45) is 0 Å². The molecule has 19 heavy (non-hydrogen) atoms. The lowest BCUT2D eigenvalue weighted by atomic mass is 10.1. The van der Waals surface area contributed by atoms with E-state index in [9.17, 15) is 0 Å². The molecule has 0 radical (unpaired) electrons. The summed E-state index contributed by atoms with van der Waals surface area (Å²) in [6.45, 7) is 0.932. The van der Waals surface area contributed by atoms with E-state index in [4.69, 9.17) is 0 Å². The smallest absolute Gasteiger partial charge is 0.0477 e. The molecule has 2 aromatic carbocycles. The average Bonchev–Trinajstić information content (AvgIpc) is 2.81. The van der Waals surface area contributed by atoms with Crippen LogP contribution >= 0.6 is 0 Å². The summed E-state index contributed by atoms with van der Waals surface area (Å²) in [6, 6.07) is 14.7. The Morgan fingerprint density at radius 3 is 2.79 bits per heavy atom. The molecule has 0 saturated carbocycles. The van der Waals surface area contributed by atoms with E-state index in [1.54, 1.807) is 0 Å². The zero-order valence-electron chi connectivity index (χ0n) is 11.0. The van der Waals surface area contributed by atoms with Crippen molar-refractivity contribution in [3.8, 4) is 11.8 Å². The summed E-state index contributed by atoms with van der Waals surface area (Å²) in [5, 5.41) is 5.62. The molecule has 0 aliphatic heterocycles. The lowest BCUT2D eigenvalue weighted by Crippen LogP contribution is -2.05. The lowest BCUT2D eigenvalue weighted by Gasteiger charge is -1.93. The lowest BCUT2D eigenvalue weighted by molar-refractivity contribution is 0.818. The van der Waals surface area contributed by atoms with Crippen LogP contribution in [0.2, 0.25) is 0 Å². The molecule has 0 bridgehead atoms. The van der Waals surface area contributed by atoms with Gasteiger partial charge in [0, 0.05) is 40.3 Å². The Kier molecular flexibility index (Phi) is 3.22. The minimum absolute atomic E-state index is 0.876. The number of aromatic amines is 1. The van der Waals surface area contributed by atoms with Gasteiger partial charge >= 0.3 is 0 Å². The molecule has 0 amide bonds. The van der Waals surface area contributed by atoms with Crippen LogP contribution in [0, 0.1) is 11.8 Å². The molecule has 0 aliphatic carbocycles. The van der Waals surface area contributed by atoms with Crippen LogP contribution in [0.4, 0.5) is 0 Å². The SMILES string of the molecule is CNCCC#Cc1ccc2c(c1)[nH]c1ccccc12. The van der Waals surface area contributed by atoms with Gasteiger partial charge in [-0.05, 0) is 25.2 Å². The van der Waals surface area contributed by atoms with Gasteiger partial charge in [-0.2, -0.15) is 0 Å². The maximum atomic E-state index is 3.44. The van der Waals surface area contributed by atoms with E-state index >= 15 is 0 Å². The fourth-order valence-electron chi connectivity index (χ4n) is 2.28. The van der Waals surface area contributed by atoms with Gasteiger partial charge in [0.05, 0.1) is 0 Å². The van der Waals surface area contributed by atoms with Crippen LogP contribution in [0.3, 0.4) is 0 Å². The normalized spacial score (nSPS) is 10.6. The number of para-hydroxylation sites is 1. The van der Waals surface area contributed by atoms with Crippen molar-refractivity contribution in [1.82, 2.24) is 10.3 Å². The maximum Gasteiger partial charge on any atom is 0.0477 e. The highest BCUT2D eigenvalue weighted by Gasteiger charge is 2.02. The quantitative estimate of drug-likeness (QED) is 0.528. The van der Waals surface area contributed by atoms with E-state index < -0.39 is 0 Å². The topological polar surface area (TPSA) is 27.8 Å². The Labute approximate surface area is 112 Å². The van der Waals surface area contributed by atoms with E-state index in [-0.39, 0.29) is 0 Å². The molecule has 0 aliphatic rings. The highest BCUT2D eigenvalue weighted by Crippen LogP contribution is 2.25. The van der Waals surface area contributed by atoms with Gasteiger partial charge in [-0.25, -0.2) is 0 Å². The molecule has 0 saturated heterocycles. The Morgan fingerprint density at radius 1 is 1.05 bits per heavy atom. The highest BCUT2D eigenvalue weighted by molar-refractivity contribution is 6.07. The van der Waals surface area contributed by atoms with Gasteiger partial charge in [0.25, 0.3) is 0 Å². The van der Waals surface area contributed by atoms with Gasteiger partial charge in [-0.1, -0.05) is 36.1 Å². The number of H-pyrrole nitrogens is 1. The number of fused-ring (bicyclic) bond motifs is 3. The molecule has 2 nitrogen and oxygen atoms in total. The molecule has 94 valence electrons. The summed E-state index contributed by atoms with van der Waals surface area (Å²) in [4.78, 5) is 3.44. The van der Waals surface area contributed by atoms with Crippen molar-refractivity contribution < 1.29 is 0 Å². The second-order valence-corrected chi connectivity index (χ2v) is 4.59. The maximum absolute atomic E-state index is 3.44. The Morgan fingerprint density at radius 2 is 1.89 bits per heavy atom. The largest absolute Gasteiger partial charge is 0.354 e. The van der Waals surface area contributed by atoms with Crippen molar-refractivity contribution in [3.63, 3.8) is 0 Å². The minimum atomic E-state index is 0.876. The first-order chi connectivity index (χ1) is 9.38. The molecule has 3 rings (SSSR count). The van der Waals surface area contributed by atoms with E-state index in [0.717, 1.165) is 24.0 Å². The first-order valence-corrected chi connectivity index (χ1v) is 6.52. The van der Waals surface area contributed by atoms with Gasteiger partial charge in [-0.3, -0.25) is 0 Å². The number of nitrogens with one attached hydrogen (secondary N) is 2. The average molecular weight is 248 g/mol. The Hall–Kier alpha value is -2.24. The van der Waals surface area contributed by atoms with E-state index in [0.29, 0.717) is 0 Å². The van der Waals surface area contributed by atoms with Crippen LogP contribution in [-0.2, 0) is 0 Å². The van der Waals surface area contributed by atoms with E-state index in [1.165, 1.54) is 16.3 Å². The van der Waals surface area contributed by atoms with Crippen LogP contribution in [0.5, 0.6) is 0 Å². The zero-order valence-corrected chi connectivity index (χ0v) is 11.0. The predicted octanol–water partition coefficient (Wildman–Crippen LogP) is 3.28. The Bertz CT molecular complexity index is 772. The van der Waals surface area contributed by atoms with Gasteiger partial charge in [-0.15, -0.1) is 0 Å². The van der Waals surface area contributed by atoms with Gasteiger partial charge < -0.3 is 10.3 Å². The van der Waals surface area contributed by atoms with E-state index in [2.05, 4.69) is 64.6 Å². The number of aromatic nitrogens is 1. The third-order valence-electron chi connectivity index (χ3n) is 3.24. The number of hydrogen-bond donors (Lipinski definition) is 2. The molecule has 2 heteroatoms. The summed E-state index contributed by atoms with van der Waals surface area (Å²) in [7, 11) is 1.94. The first kappa shape index (κ1) is 11.8. The summed E-state index contributed by atoms with van der Waals surface area (Å²) in [6.07, 6.45) is 0.876. The fraction of sp³-hybridized carbons (Fsp3) is 0.176. The van der Waals surface area contributed by atoms with E-state index in [1.807, 2.05) is 7.05 Å². The molecular weight excluding hydrogens is 232 g/mol. The first-order valence-electron chi connectivity index (χ1n) is 6.52.